The van der Waals surface area contributed by atoms with Gasteiger partial charge in [0.2, 0.25) is 0 Å². The summed E-state index contributed by atoms with van der Waals surface area (Å²) in [6.45, 7) is 4.51. The van der Waals surface area contributed by atoms with Crippen LogP contribution in [0.15, 0.2) is 77.4 Å². The van der Waals surface area contributed by atoms with E-state index in [1.165, 1.54) is 0 Å². The average molecular weight is 438 g/mol. The topological polar surface area (TPSA) is 85.8 Å². The van der Waals surface area contributed by atoms with Gasteiger partial charge in [-0.2, -0.15) is 5.10 Å². The summed E-state index contributed by atoms with van der Waals surface area (Å²) in [5.41, 5.74) is 5.29. The highest BCUT2D eigenvalue weighted by atomic mass is 16.5. The van der Waals surface area contributed by atoms with Crippen LogP contribution in [0.5, 0.6) is 0 Å². The summed E-state index contributed by atoms with van der Waals surface area (Å²) in [7, 11) is 0. The molecule has 0 fully saturated rings. The summed E-state index contributed by atoms with van der Waals surface area (Å²) in [6.07, 6.45) is 2.43. The SMILES string of the molecule is Cc1nn(-c2ccccn2)c(C)c1CCNC(=O)c1ccc2noc(-c3ccccc3)c2c1. The average Bonchev–Trinajstić information content (AvgIpc) is 3.40. The zero-order valence-corrected chi connectivity index (χ0v) is 18.4. The third kappa shape index (κ3) is 4.01. The van der Waals surface area contributed by atoms with E-state index in [1.54, 1.807) is 12.3 Å². The highest BCUT2D eigenvalue weighted by Gasteiger charge is 2.16. The third-order valence-corrected chi connectivity index (χ3v) is 5.74. The lowest BCUT2D eigenvalue weighted by molar-refractivity contribution is 0.0954. The lowest BCUT2D eigenvalue weighted by atomic mass is 10.1. The molecule has 0 spiro atoms. The molecule has 1 amide bonds. The zero-order valence-electron chi connectivity index (χ0n) is 18.4. The molecule has 3 aromatic heterocycles. The van der Waals surface area contributed by atoms with E-state index in [-0.39, 0.29) is 5.91 Å². The van der Waals surface area contributed by atoms with Crippen molar-refractivity contribution in [2.24, 2.45) is 0 Å². The molecule has 7 heteroatoms. The first-order valence-corrected chi connectivity index (χ1v) is 10.8. The quantitative estimate of drug-likeness (QED) is 0.417. The van der Waals surface area contributed by atoms with Crippen molar-refractivity contribution in [3.05, 3.63) is 95.4 Å². The number of nitrogens with zero attached hydrogens (tertiary/aromatic N) is 4. The highest BCUT2D eigenvalue weighted by Crippen LogP contribution is 2.29. The lowest BCUT2D eigenvalue weighted by Gasteiger charge is -2.07. The number of carbonyl (C=O) groups excluding carboxylic acids is 1. The Balaban J connectivity index is 1.31. The monoisotopic (exact) mass is 437 g/mol. The smallest absolute Gasteiger partial charge is 0.251 e. The van der Waals surface area contributed by atoms with E-state index in [4.69, 9.17) is 4.52 Å². The lowest BCUT2D eigenvalue weighted by Crippen LogP contribution is -2.25. The second-order valence-electron chi connectivity index (χ2n) is 7.86. The summed E-state index contributed by atoms with van der Waals surface area (Å²) in [5, 5.41) is 12.6. The first-order valence-electron chi connectivity index (χ1n) is 10.8. The Morgan fingerprint density at radius 3 is 2.64 bits per heavy atom. The molecule has 0 unspecified atom stereocenters. The molecule has 0 bridgehead atoms. The number of amides is 1. The number of hydrogen-bond acceptors (Lipinski definition) is 5. The zero-order chi connectivity index (χ0) is 22.8. The van der Waals surface area contributed by atoms with Crippen molar-refractivity contribution in [1.82, 2.24) is 25.2 Å². The van der Waals surface area contributed by atoms with Crippen LogP contribution in [0, 0.1) is 13.8 Å². The Morgan fingerprint density at radius 1 is 1.03 bits per heavy atom. The van der Waals surface area contributed by atoms with Crippen LogP contribution in [0.25, 0.3) is 28.0 Å². The first-order chi connectivity index (χ1) is 16.1. The predicted octanol–water partition coefficient (Wildman–Crippen LogP) is 4.66. The van der Waals surface area contributed by atoms with Crippen LogP contribution in [-0.2, 0) is 6.42 Å². The molecule has 0 aliphatic rings. The van der Waals surface area contributed by atoms with Gasteiger partial charge in [-0.25, -0.2) is 9.67 Å². The van der Waals surface area contributed by atoms with Gasteiger partial charge in [0, 0.05) is 29.6 Å². The maximum absolute atomic E-state index is 12.9. The molecule has 7 nitrogen and oxygen atoms in total. The van der Waals surface area contributed by atoms with Crippen molar-refractivity contribution in [2.75, 3.05) is 6.54 Å². The van der Waals surface area contributed by atoms with E-state index in [1.807, 2.05) is 79.2 Å². The second kappa shape index (κ2) is 8.70. The van der Waals surface area contributed by atoms with Gasteiger partial charge >= 0.3 is 0 Å². The van der Waals surface area contributed by atoms with E-state index >= 15 is 0 Å². The van der Waals surface area contributed by atoms with Crippen molar-refractivity contribution >= 4 is 16.8 Å². The van der Waals surface area contributed by atoms with Crippen LogP contribution in [0.3, 0.4) is 0 Å². The first kappa shape index (κ1) is 20.6. The van der Waals surface area contributed by atoms with Crippen molar-refractivity contribution in [3.63, 3.8) is 0 Å². The van der Waals surface area contributed by atoms with Crippen LogP contribution in [0.4, 0.5) is 0 Å². The predicted molar refractivity (Wildman–Crippen MR) is 126 cm³/mol. The molecule has 0 aliphatic carbocycles. The van der Waals surface area contributed by atoms with Crippen LogP contribution in [0.2, 0.25) is 0 Å². The van der Waals surface area contributed by atoms with E-state index in [0.29, 0.717) is 24.3 Å². The molecule has 5 aromatic rings. The molecule has 0 aliphatic heterocycles. The Kier molecular flexibility index (Phi) is 5.44. The van der Waals surface area contributed by atoms with Gasteiger partial charge in [-0.3, -0.25) is 4.79 Å². The van der Waals surface area contributed by atoms with Gasteiger partial charge in [-0.15, -0.1) is 0 Å². The Labute approximate surface area is 191 Å². The number of hydrogen-bond donors (Lipinski definition) is 1. The van der Waals surface area contributed by atoms with Crippen molar-refractivity contribution in [1.29, 1.82) is 0 Å². The molecular weight excluding hydrogens is 414 g/mol. The largest absolute Gasteiger partial charge is 0.355 e. The van der Waals surface area contributed by atoms with Crippen LogP contribution >= 0.6 is 0 Å². The summed E-state index contributed by atoms with van der Waals surface area (Å²) < 4.78 is 7.39. The molecule has 3 heterocycles. The van der Waals surface area contributed by atoms with Gasteiger partial charge in [0.15, 0.2) is 11.6 Å². The standard InChI is InChI=1S/C26H23N5O2/c1-17-21(18(2)31(29-17)24-10-6-7-14-27-24)13-15-28-26(32)20-11-12-23-22(16-20)25(33-30-23)19-8-4-3-5-9-19/h3-12,14,16H,13,15H2,1-2H3,(H,28,32). The van der Waals surface area contributed by atoms with Gasteiger partial charge < -0.3 is 9.84 Å². The molecule has 0 saturated heterocycles. The summed E-state index contributed by atoms with van der Waals surface area (Å²) in [6, 6.07) is 20.9. The summed E-state index contributed by atoms with van der Waals surface area (Å²) in [5.74, 6) is 1.31. The summed E-state index contributed by atoms with van der Waals surface area (Å²) >= 11 is 0. The fourth-order valence-electron chi connectivity index (χ4n) is 4.02. The Hall–Kier alpha value is -4.26. The second-order valence-corrected chi connectivity index (χ2v) is 7.86. The van der Waals surface area contributed by atoms with Gasteiger partial charge in [0.1, 0.15) is 5.52 Å². The summed E-state index contributed by atoms with van der Waals surface area (Å²) in [4.78, 5) is 17.2. The number of pyridine rings is 1. The fraction of sp³-hybridized carbons (Fsp3) is 0.154. The fourth-order valence-corrected chi connectivity index (χ4v) is 4.02. The molecule has 0 saturated carbocycles. The van der Waals surface area contributed by atoms with Gasteiger partial charge in [0.05, 0.1) is 11.1 Å². The van der Waals surface area contributed by atoms with Gasteiger partial charge in [-0.1, -0.05) is 41.6 Å². The van der Waals surface area contributed by atoms with E-state index in [2.05, 4.69) is 20.6 Å². The minimum Gasteiger partial charge on any atom is -0.355 e. The highest BCUT2D eigenvalue weighted by molar-refractivity contribution is 6.00. The number of benzene rings is 2. The Bertz CT molecular complexity index is 1420. The molecule has 33 heavy (non-hydrogen) atoms. The number of carbonyl (C=O) groups is 1. The van der Waals surface area contributed by atoms with Crippen LogP contribution in [-0.4, -0.2) is 32.4 Å². The van der Waals surface area contributed by atoms with Crippen molar-refractivity contribution in [2.45, 2.75) is 20.3 Å². The van der Waals surface area contributed by atoms with E-state index < -0.39 is 0 Å². The minimum absolute atomic E-state index is 0.135. The molecule has 0 radical (unpaired) electrons. The maximum atomic E-state index is 12.9. The van der Waals surface area contributed by atoms with Crippen molar-refractivity contribution in [3.8, 4) is 17.1 Å². The minimum atomic E-state index is -0.135. The normalized spacial score (nSPS) is 11.1. The van der Waals surface area contributed by atoms with Gasteiger partial charge in [0.25, 0.3) is 5.91 Å². The molecule has 1 N–H and O–H groups in total. The van der Waals surface area contributed by atoms with Crippen LogP contribution in [0.1, 0.15) is 27.3 Å². The number of aromatic nitrogens is 4. The number of fused-ring (bicyclic) bond motifs is 1. The molecule has 164 valence electrons. The molecular formula is C26H23N5O2. The van der Waals surface area contributed by atoms with Crippen LogP contribution < -0.4 is 5.32 Å². The molecule has 0 atom stereocenters. The number of nitrogens with one attached hydrogen (secondary N) is 1. The molecule has 2 aromatic carbocycles. The number of rotatable bonds is 6. The number of aryl methyl sites for hydroxylation is 1. The van der Waals surface area contributed by atoms with E-state index in [0.717, 1.165) is 39.2 Å². The molecule has 5 rings (SSSR count). The third-order valence-electron chi connectivity index (χ3n) is 5.74. The van der Waals surface area contributed by atoms with Gasteiger partial charge in [-0.05, 0) is 56.2 Å². The maximum Gasteiger partial charge on any atom is 0.251 e. The Morgan fingerprint density at radius 2 is 1.85 bits per heavy atom. The van der Waals surface area contributed by atoms with Crippen molar-refractivity contribution < 1.29 is 9.32 Å². The van der Waals surface area contributed by atoms with E-state index in [9.17, 15) is 4.79 Å².